The van der Waals surface area contributed by atoms with Gasteiger partial charge in [-0.15, -0.1) is 21.5 Å². The van der Waals surface area contributed by atoms with Crippen molar-refractivity contribution in [3.05, 3.63) is 52.9 Å². The van der Waals surface area contributed by atoms with Crippen LogP contribution in [-0.2, 0) is 17.7 Å². The molecule has 35 heavy (non-hydrogen) atoms. The third kappa shape index (κ3) is 4.61. The minimum atomic E-state index is 0.145. The lowest BCUT2D eigenvalue weighted by atomic mass is 9.96. The average Bonchev–Trinajstić information content (AvgIpc) is 3.47. The second-order valence-corrected chi connectivity index (χ2v) is 10.9. The molecule has 0 aliphatic carbocycles. The quantitative estimate of drug-likeness (QED) is 0.534. The fourth-order valence-electron chi connectivity index (χ4n) is 5.65. The van der Waals surface area contributed by atoms with Crippen molar-refractivity contribution in [2.24, 2.45) is 0 Å². The number of fused-ring (bicyclic) bond motifs is 1. The van der Waals surface area contributed by atoms with Gasteiger partial charge in [-0.2, -0.15) is 0 Å². The molecule has 1 unspecified atom stereocenters. The number of ether oxygens (including phenoxy) is 1. The molecule has 2 saturated heterocycles. The number of hydrogen-bond donors (Lipinski definition) is 0. The van der Waals surface area contributed by atoms with Crippen LogP contribution in [0.3, 0.4) is 0 Å². The Hall–Kier alpha value is -2.71. The molecular weight excluding hydrogens is 458 g/mol. The summed E-state index contributed by atoms with van der Waals surface area (Å²) in [6.07, 6.45) is 6.73. The Balaban J connectivity index is 1.26. The van der Waals surface area contributed by atoms with E-state index in [1.807, 2.05) is 6.07 Å². The number of piperidine rings is 1. The van der Waals surface area contributed by atoms with Crippen molar-refractivity contribution in [2.75, 3.05) is 44.3 Å². The van der Waals surface area contributed by atoms with E-state index in [4.69, 9.17) is 4.74 Å². The molecule has 0 bridgehead atoms. The van der Waals surface area contributed by atoms with Crippen molar-refractivity contribution < 1.29 is 9.53 Å². The van der Waals surface area contributed by atoms with Crippen LogP contribution in [0, 0.1) is 0 Å². The first-order valence-corrected chi connectivity index (χ1v) is 13.8. The fourth-order valence-corrected chi connectivity index (χ4v) is 6.85. The average molecular weight is 492 g/mol. The van der Waals surface area contributed by atoms with E-state index in [2.05, 4.69) is 54.9 Å². The van der Waals surface area contributed by atoms with Crippen molar-refractivity contribution in [3.8, 4) is 11.1 Å². The van der Waals surface area contributed by atoms with Gasteiger partial charge in [0.2, 0.25) is 0 Å². The normalized spacial score (nSPS) is 21.0. The lowest BCUT2D eigenvalue weighted by Gasteiger charge is -2.32. The van der Waals surface area contributed by atoms with Gasteiger partial charge in [-0.05, 0) is 37.3 Å². The summed E-state index contributed by atoms with van der Waals surface area (Å²) in [5.74, 6) is 2.62. The van der Waals surface area contributed by atoms with Gasteiger partial charge in [0.05, 0.1) is 23.1 Å². The number of rotatable bonds is 4. The number of nitrogens with zero attached hydrogens (tertiary/aromatic N) is 5. The molecule has 3 aliphatic heterocycles. The summed E-state index contributed by atoms with van der Waals surface area (Å²) in [5.41, 5.74) is 2.31. The highest BCUT2D eigenvalue weighted by molar-refractivity contribution is 7.18. The largest absolute Gasteiger partial charge is 0.378 e. The molecule has 2 fully saturated rings. The number of morpholine rings is 1. The molecule has 8 heteroatoms. The van der Waals surface area contributed by atoms with E-state index in [0.29, 0.717) is 0 Å². The number of hydrogen-bond acceptors (Lipinski definition) is 6. The van der Waals surface area contributed by atoms with Crippen LogP contribution in [0.25, 0.3) is 11.1 Å². The minimum absolute atomic E-state index is 0.145. The maximum absolute atomic E-state index is 13.8. The van der Waals surface area contributed by atoms with Crippen molar-refractivity contribution in [2.45, 2.75) is 51.0 Å². The monoisotopic (exact) mass is 491 g/mol. The molecule has 2 aromatic heterocycles. The van der Waals surface area contributed by atoms with E-state index >= 15 is 0 Å². The van der Waals surface area contributed by atoms with E-state index in [-0.39, 0.29) is 11.8 Å². The summed E-state index contributed by atoms with van der Waals surface area (Å²) in [6.45, 7) is 5.72. The van der Waals surface area contributed by atoms with Crippen LogP contribution in [0.2, 0.25) is 0 Å². The standard InChI is InChI=1S/C27H33N5O2S/c33-26(31-12-7-10-21(19-31)25-29-28-24-11-5-2-6-13-32(24)25)23-18-22(20-8-3-1-4-9-20)27(35-23)30-14-16-34-17-15-30/h1,3-4,8-9,18,21H,2,5-7,10-17,19H2. The van der Waals surface area contributed by atoms with Gasteiger partial charge in [0, 0.05) is 50.6 Å². The van der Waals surface area contributed by atoms with Crippen molar-refractivity contribution in [1.82, 2.24) is 19.7 Å². The van der Waals surface area contributed by atoms with Crippen LogP contribution in [0.15, 0.2) is 36.4 Å². The maximum Gasteiger partial charge on any atom is 0.264 e. The summed E-state index contributed by atoms with van der Waals surface area (Å²) in [7, 11) is 0. The number of amides is 1. The topological polar surface area (TPSA) is 63.5 Å². The molecule has 0 radical (unpaired) electrons. The van der Waals surface area contributed by atoms with Crippen LogP contribution in [0.5, 0.6) is 0 Å². The molecule has 1 atom stereocenters. The van der Waals surface area contributed by atoms with Crippen LogP contribution in [0.1, 0.15) is 59.3 Å². The summed E-state index contributed by atoms with van der Waals surface area (Å²) in [6, 6.07) is 12.5. The molecule has 0 spiro atoms. The number of aromatic nitrogens is 3. The number of anilines is 1. The summed E-state index contributed by atoms with van der Waals surface area (Å²) in [5, 5.41) is 10.3. The molecule has 0 N–H and O–H groups in total. The first-order chi connectivity index (χ1) is 17.3. The van der Waals surface area contributed by atoms with Gasteiger partial charge < -0.3 is 19.1 Å². The Morgan fingerprint density at radius 2 is 1.83 bits per heavy atom. The zero-order chi connectivity index (χ0) is 23.6. The van der Waals surface area contributed by atoms with Crippen molar-refractivity contribution in [1.29, 1.82) is 0 Å². The third-order valence-electron chi connectivity index (χ3n) is 7.52. The number of aryl methyl sites for hydroxylation is 1. The lowest BCUT2D eigenvalue weighted by Crippen LogP contribution is -2.39. The summed E-state index contributed by atoms with van der Waals surface area (Å²) >= 11 is 1.63. The van der Waals surface area contributed by atoms with E-state index in [1.54, 1.807) is 11.3 Å². The Morgan fingerprint density at radius 3 is 2.69 bits per heavy atom. The number of benzene rings is 1. The van der Waals surface area contributed by atoms with Gasteiger partial charge in [-0.3, -0.25) is 4.79 Å². The summed E-state index contributed by atoms with van der Waals surface area (Å²) in [4.78, 5) is 19.0. The molecule has 1 aromatic carbocycles. The van der Waals surface area contributed by atoms with Crippen LogP contribution in [0.4, 0.5) is 5.00 Å². The van der Waals surface area contributed by atoms with Gasteiger partial charge in [-0.25, -0.2) is 0 Å². The highest BCUT2D eigenvalue weighted by atomic mass is 32.1. The number of carbonyl (C=O) groups is 1. The number of thiophene rings is 1. The Kier molecular flexibility index (Phi) is 6.57. The number of likely N-dealkylation sites (tertiary alicyclic amines) is 1. The van der Waals surface area contributed by atoms with Gasteiger partial charge in [-0.1, -0.05) is 36.8 Å². The molecule has 184 valence electrons. The van der Waals surface area contributed by atoms with E-state index in [0.717, 1.165) is 92.9 Å². The highest BCUT2D eigenvalue weighted by Crippen LogP contribution is 2.40. The van der Waals surface area contributed by atoms with Gasteiger partial charge in [0.25, 0.3) is 5.91 Å². The second kappa shape index (κ2) is 10.1. The predicted molar refractivity (Wildman–Crippen MR) is 138 cm³/mol. The van der Waals surface area contributed by atoms with Crippen molar-refractivity contribution in [3.63, 3.8) is 0 Å². The van der Waals surface area contributed by atoms with Crippen LogP contribution >= 0.6 is 11.3 Å². The third-order valence-corrected chi connectivity index (χ3v) is 8.70. The van der Waals surface area contributed by atoms with Gasteiger partial charge in [0.15, 0.2) is 0 Å². The smallest absolute Gasteiger partial charge is 0.264 e. The fraction of sp³-hybridized carbons (Fsp3) is 0.519. The highest BCUT2D eigenvalue weighted by Gasteiger charge is 2.31. The molecule has 5 heterocycles. The molecule has 0 saturated carbocycles. The Morgan fingerprint density at radius 1 is 0.971 bits per heavy atom. The molecular formula is C27H33N5O2S. The number of carbonyl (C=O) groups excluding carboxylic acids is 1. The zero-order valence-corrected chi connectivity index (χ0v) is 21.0. The Labute approximate surface area is 210 Å². The predicted octanol–water partition coefficient (Wildman–Crippen LogP) is 4.59. The molecule has 6 rings (SSSR count). The molecule has 7 nitrogen and oxygen atoms in total. The molecule has 3 aliphatic rings. The lowest BCUT2D eigenvalue weighted by molar-refractivity contribution is 0.0708. The second-order valence-electron chi connectivity index (χ2n) is 9.82. The van der Waals surface area contributed by atoms with Gasteiger partial charge >= 0.3 is 0 Å². The molecule has 1 amide bonds. The molecule has 3 aromatic rings. The SMILES string of the molecule is O=C(c1cc(-c2ccccc2)c(N2CCOCC2)s1)N1CCCC(c2nnc3n2CCCCC3)C1. The maximum atomic E-state index is 13.8. The zero-order valence-electron chi connectivity index (χ0n) is 20.2. The van der Waals surface area contributed by atoms with Gasteiger partial charge in [0.1, 0.15) is 11.6 Å². The Bertz CT molecular complexity index is 1170. The van der Waals surface area contributed by atoms with E-state index in [1.165, 1.54) is 24.3 Å². The minimum Gasteiger partial charge on any atom is -0.378 e. The van der Waals surface area contributed by atoms with Crippen molar-refractivity contribution >= 4 is 22.2 Å². The summed E-state index contributed by atoms with van der Waals surface area (Å²) < 4.78 is 7.93. The van der Waals surface area contributed by atoms with E-state index < -0.39 is 0 Å². The van der Waals surface area contributed by atoms with E-state index in [9.17, 15) is 4.79 Å². The van der Waals surface area contributed by atoms with Crippen LogP contribution < -0.4 is 4.90 Å². The van der Waals surface area contributed by atoms with Crippen LogP contribution in [-0.4, -0.2) is 65.0 Å². The first-order valence-electron chi connectivity index (χ1n) is 13.0. The first kappa shape index (κ1) is 22.7.